The van der Waals surface area contributed by atoms with Crippen LogP contribution in [0.5, 0.6) is 0 Å². The van der Waals surface area contributed by atoms with Gasteiger partial charge in [0.15, 0.2) is 0 Å². The van der Waals surface area contributed by atoms with Gasteiger partial charge in [-0.3, -0.25) is 9.59 Å². The second-order valence-electron chi connectivity index (χ2n) is 7.01. The second-order valence-corrected chi connectivity index (χ2v) is 7.01. The first-order valence-electron chi connectivity index (χ1n) is 9.21. The van der Waals surface area contributed by atoms with Crippen LogP contribution in [0.25, 0.3) is 10.8 Å². The Hall–Kier alpha value is -3.08. The fourth-order valence-electron chi connectivity index (χ4n) is 3.68. The number of benzene rings is 2. The van der Waals surface area contributed by atoms with E-state index in [4.69, 9.17) is 4.42 Å². The van der Waals surface area contributed by atoms with Gasteiger partial charge in [-0.1, -0.05) is 30.3 Å². The number of carbonyl (C=O) groups excluding carboxylic acids is 2. The van der Waals surface area contributed by atoms with E-state index >= 15 is 0 Å². The molecule has 4 rings (SSSR count). The Balaban J connectivity index is 1.41. The molecule has 1 aromatic heterocycles. The Morgan fingerprint density at radius 3 is 2.48 bits per heavy atom. The number of anilines is 1. The van der Waals surface area contributed by atoms with Crippen LogP contribution in [0.2, 0.25) is 0 Å². The number of likely N-dealkylation sites (tertiary alicyclic amines) is 1. The number of piperidine rings is 1. The van der Waals surface area contributed by atoms with E-state index < -0.39 is 0 Å². The summed E-state index contributed by atoms with van der Waals surface area (Å²) < 4.78 is 4.99. The lowest BCUT2D eigenvalue weighted by Crippen LogP contribution is -2.43. The van der Waals surface area contributed by atoms with E-state index in [9.17, 15) is 9.59 Å². The molecule has 0 spiro atoms. The summed E-state index contributed by atoms with van der Waals surface area (Å²) in [4.78, 5) is 28.9. The standard InChI is InChI=1S/C22H22N2O3/c1-23(20-7-6-16-4-2-3-5-18(16)14-20)21(25)17-8-11-24(12-9-17)22(26)19-10-13-27-15-19/h2-7,10,13-15,17H,8-9,11-12H2,1H3. The smallest absolute Gasteiger partial charge is 0.257 e. The highest BCUT2D eigenvalue weighted by molar-refractivity contribution is 5.98. The van der Waals surface area contributed by atoms with Crippen molar-refractivity contribution in [2.75, 3.05) is 25.0 Å². The molecular formula is C22H22N2O3. The van der Waals surface area contributed by atoms with Gasteiger partial charge in [0.25, 0.3) is 5.91 Å². The summed E-state index contributed by atoms with van der Waals surface area (Å²) >= 11 is 0. The van der Waals surface area contributed by atoms with Crippen LogP contribution in [-0.4, -0.2) is 36.9 Å². The van der Waals surface area contributed by atoms with Gasteiger partial charge in [0, 0.05) is 31.7 Å². The monoisotopic (exact) mass is 362 g/mol. The maximum Gasteiger partial charge on any atom is 0.257 e. The van der Waals surface area contributed by atoms with Gasteiger partial charge in [0.1, 0.15) is 6.26 Å². The molecule has 0 atom stereocenters. The zero-order valence-electron chi connectivity index (χ0n) is 15.3. The summed E-state index contributed by atoms with van der Waals surface area (Å²) in [6.07, 6.45) is 4.33. The van der Waals surface area contributed by atoms with Crippen molar-refractivity contribution in [3.63, 3.8) is 0 Å². The summed E-state index contributed by atoms with van der Waals surface area (Å²) in [5, 5.41) is 2.28. The molecule has 0 N–H and O–H groups in total. The molecule has 2 aromatic carbocycles. The van der Waals surface area contributed by atoms with E-state index in [1.807, 2.05) is 37.4 Å². The predicted molar refractivity (Wildman–Crippen MR) is 105 cm³/mol. The predicted octanol–water partition coefficient (Wildman–Crippen LogP) is 3.95. The molecule has 3 aromatic rings. The summed E-state index contributed by atoms with van der Waals surface area (Å²) in [6, 6.07) is 15.9. The van der Waals surface area contributed by atoms with Crippen LogP contribution in [0.1, 0.15) is 23.2 Å². The first-order valence-corrected chi connectivity index (χ1v) is 9.21. The Morgan fingerprint density at radius 1 is 1.04 bits per heavy atom. The number of nitrogens with zero attached hydrogens (tertiary/aromatic N) is 2. The van der Waals surface area contributed by atoms with E-state index in [-0.39, 0.29) is 17.7 Å². The van der Waals surface area contributed by atoms with Crippen LogP contribution in [-0.2, 0) is 4.79 Å². The van der Waals surface area contributed by atoms with Gasteiger partial charge in [-0.2, -0.15) is 0 Å². The highest BCUT2D eigenvalue weighted by Crippen LogP contribution is 2.26. The van der Waals surface area contributed by atoms with Crippen LogP contribution in [0.15, 0.2) is 65.5 Å². The van der Waals surface area contributed by atoms with Crippen molar-refractivity contribution < 1.29 is 14.0 Å². The number of hydrogen-bond donors (Lipinski definition) is 0. The van der Waals surface area contributed by atoms with Crippen LogP contribution in [0.3, 0.4) is 0 Å². The molecule has 2 amide bonds. The highest BCUT2D eigenvalue weighted by atomic mass is 16.3. The van der Waals surface area contributed by atoms with Crippen LogP contribution < -0.4 is 4.90 Å². The molecule has 1 saturated heterocycles. The summed E-state index contributed by atoms with van der Waals surface area (Å²) in [5.41, 5.74) is 1.46. The third-order valence-corrected chi connectivity index (χ3v) is 5.35. The Kier molecular flexibility index (Phi) is 4.67. The van der Waals surface area contributed by atoms with Crippen molar-refractivity contribution in [3.8, 4) is 0 Å². The summed E-state index contributed by atoms with van der Waals surface area (Å²) in [6.45, 7) is 1.18. The largest absolute Gasteiger partial charge is 0.472 e. The average molecular weight is 362 g/mol. The van der Waals surface area contributed by atoms with Crippen molar-refractivity contribution in [1.29, 1.82) is 0 Å². The van der Waals surface area contributed by atoms with E-state index in [0.29, 0.717) is 31.5 Å². The minimum Gasteiger partial charge on any atom is -0.472 e. The summed E-state index contributed by atoms with van der Waals surface area (Å²) in [5.74, 6) is 0.0214. The Morgan fingerprint density at radius 2 is 1.78 bits per heavy atom. The maximum absolute atomic E-state index is 12.9. The van der Waals surface area contributed by atoms with Crippen LogP contribution in [0.4, 0.5) is 5.69 Å². The van der Waals surface area contributed by atoms with Gasteiger partial charge >= 0.3 is 0 Å². The number of hydrogen-bond acceptors (Lipinski definition) is 3. The van der Waals surface area contributed by atoms with Gasteiger partial charge in [0.05, 0.1) is 11.8 Å². The van der Waals surface area contributed by atoms with Crippen molar-refractivity contribution in [2.45, 2.75) is 12.8 Å². The molecule has 1 aliphatic rings. The lowest BCUT2D eigenvalue weighted by Gasteiger charge is -2.33. The average Bonchev–Trinajstić information content (AvgIpc) is 3.27. The van der Waals surface area contributed by atoms with Gasteiger partial charge in [0.2, 0.25) is 5.91 Å². The van der Waals surface area contributed by atoms with Crippen LogP contribution in [0, 0.1) is 5.92 Å². The molecular weight excluding hydrogens is 340 g/mol. The van der Waals surface area contributed by atoms with Gasteiger partial charge in [-0.05, 0) is 41.8 Å². The second kappa shape index (κ2) is 7.27. The molecule has 0 bridgehead atoms. The molecule has 5 heteroatoms. The Labute approximate surface area is 158 Å². The lowest BCUT2D eigenvalue weighted by molar-refractivity contribution is -0.123. The zero-order chi connectivity index (χ0) is 18.8. The molecule has 27 heavy (non-hydrogen) atoms. The summed E-state index contributed by atoms with van der Waals surface area (Å²) in [7, 11) is 1.83. The minimum atomic E-state index is -0.0603. The van der Waals surface area contributed by atoms with Crippen molar-refractivity contribution in [2.24, 2.45) is 5.92 Å². The molecule has 2 heterocycles. The number of fused-ring (bicyclic) bond motifs is 1. The highest BCUT2D eigenvalue weighted by Gasteiger charge is 2.30. The minimum absolute atomic E-state index is 0.0301. The number of furan rings is 1. The van der Waals surface area contributed by atoms with Gasteiger partial charge < -0.3 is 14.2 Å². The van der Waals surface area contributed by atoms with Crippen molar-refractivity contribution in [1.82, 2.24) is 4.90 Å². The molecule has 0 unspecified atom stereocenters. The molecule has 0 aliphatic carbocycles. The molecule has 0 radical (unpaired) electrons. The number of carbonyl (C=O) groups is 2. The van der Waals surface area contributed by atoms with Gasteiger partial charge in [-0.15, -0.1) is 0 Å². The number of rotatable bonds is 3. The van der Waals surface area contributed by atoms with E-state index in [1.165, 1.54) is 12.5 Å². The molecule has 138 valence electrons. The molecule has 1 aliphatic heterocycles. The van der Waals surface area contributed by atoms with E-state index in [0.717, 1.165) is 16.5 Å². The van der Waals surface area contributed by atoms with E-state index in [1.54, 1.807) is 15.9 Å². The molecule has 0 saturated carbocycles. The van der Waals surface area contributed by atoms with Crippen LogP contribution >= 0.6 is 0 Å². The molecule has 5 nitrogen and oxygen atoms in total. The Bertz CT molecular complexity index is 957. The normalized spacial score (nSPS) is 15.1. The topological polar surface area (TPSA) is 53.8 Å². The third kappa shape index (κ3) is 3.45. The first kappa shape index (κ1) is 17.3. The molecule has 1 fully saturated rings. The first-order chi connectivity index (χ1) is 13.1. The number of amides is 2. The van der Waals surface area contributed by atoms with Crippen molar-refractivity contribution in [3.05, 3.63) is 66.6 Å². The fraction of sp³-hybridized carbons (Fsp3) is 0.273. The third-order valence-electron chi connectivity index (χ3n) is 5.35. The lowest BCUT2D eigenvalue weighted by atomic mass is 9.94. The van der Waals surface area contributed by atoms with E-state index in [2.05, 4.69) is 12.1 Å². The maximum atomic E-state index is 12.9. The SMILES string of the molecule is CN(C(=O)C1CCN(C(=O)c2ccoc2)CC1)c1ccc2ccccc2c1. The van der Waals surface area contributed by atoms with Crippen molar-refractivity contribution >= 4 is 28.3 Å². The zero-order valence-corrected chi connectivity index (χ0v) is 15.3. The van der Waals surface area contributed by atoms with Gasteiger partial charge in [-0.25, -0.2) is 0 Å². The fourth-order valence-corrected chi connectivity index (χ4v) is 3.68. The quantitative estimate of drug-likeness (QED) is 0.709.